The number of hydrogen-bond donors (Lipinski definition) is 2. The number of amides is 4. The van der Waals surface area contributed by atoms with Gasteiger partial charge in [-0.25, -0.2) is 24.9 Å². The molecular formula is C8H16N4O2S. The lowest BCUT2D eigenvalue weighted by molar-refractivity contribution is 0.0967. The molecule has 0 aliphatic carbocycles. The Balaban J connectivity index is 2.90. The normalized spacial score (nSPS) is 22.3. The fraction of sp³-hybridized carbons (Fsp3) is 0.750. The number of hydrogen-bond acceptors (Lipinski definition) is 4. The number of thioether (sulfide) groups is 1. The third kappa shape index (κ3) is 2.18. The Morgan fingerprint density at radius 2 is 2.07 bits per heavy atom. The van der Waals surface area contributed by atoms with Crippen molar-refractivity contribution in [3.8, 4) is 0 Å². The minimum absolute atomic E-state index is 0.156. The number of carbonyl (C=O) groups is 2. The molecule has 0 bridgehead atoms. The first-order valence-corrected chi connectivity index (χ1v) is 5.94. The fourth-order valence-electron chi connectivity index (χ4n) is 1.38. The summed E-state index contributed by atoms with van der Waals surface area (Å²) in [5.74, 6) is 0. The van der Waals surface area contributed by atoms with E-state index >= 15 is 0 Å². The number of urea groups is 2. The van der Waals surface area contributed by atoms with Gasteiger partial charge in [0.1, 0.15) is 0 Å². The van der Waals surface area contributed by atoms with Crippen LogP contribution in [0.4, 0.5) is 9.59 Å². The van der Waals surface area contributed by atoms with Gasteiger partial charge < -0.3 is 5.32 Å². The summed E-state index contributed by atoms with van der Waals surface area (Å²) < 4.78 is 0. The van der Waals surface area contributed by atoms with Crippen LogP contribution in [0.5, 0.6) is 0 Å². The molecule has 86 valence electrons. The van der Waals surface area contributed by atoms with Gasteiger partial charge in [0.15, 0.2) is 5.50 Å². The Bertz CT molecular complexity index is 271. The van der Waals surface area contributed by atoms with E-state index < -0.39 is 0 Å². The second-order valence-corrected chi connectivity index (χ2v) is 4.30. The first-order valence-electron chi connectivity index (χ1n) is 4.66. The van der Waals surface area contributed by atoms with Crippen LogP contribution in [0, 0.1) is 0 Å². The summed E-state index contributed by atoms with van der Waals surface area (Å²) in [6.07, 6.45) is 1.83. The van der Waals surface area contributed by atoms with E-state index in [4.69, 9.17) is 0 Å². The van der Waals surface area contributed by atoms with Crippen LogP contribution in [0.25, 0.3) is 0 Å². The number of imide groups is 1. The molecule has 0 radical (unpaired) electrons. The Labute approximate surface area is 93.3 Å². The monoisotopic (exact) mass is 232 g/mol. The molecule has 0 spiro atoms. The fourth-order valence-corrected chi connectivity index (χ4v) is 2.00. The molecule has 2 N–H and O–H groups in total. The predicted octanol–water partition coefficient (Wildman–Crippen LogP) is 0.623. The molecule has 15 heavy (non-hydrogen) atoms. The van der Waals surface area contributed by atoms with Gasteiger partial charge in [-0.1, -0.05) is 0 Å². The van der Waals surface area contributed by atoms with Crippen molar-refractivity contribution >= 4 is 23.8 Å². The minimum Gasteiger partial charge on any atom is -0.307 e. The van der Waals surface area contributed by atoms with Crippen LogP contribution < -0.4 is 10.7 Å². The molecule has 1 heterocycles. The van der Waals surface area contributed by atoms with E-state index in [0.717, 1.165) is 0 Å². The minimum atomic E-state index is -0.356. The highest BCUT2D eigenvalue weighted by Crippen LogP contribution is 2.17. The van der Waals surface area contributed by atoms with E-state index in [1.807, 2.05) is 6.26 Å². The Kier molecular flexibility index (Phi) is 3.81. The van der Waals surface area contributed by atoms with Crippen molar-refractivity contribution in [2.75, 3.05) is 13.3 Å². The zero-order chi connectivity index (χ0) is 11.6. The molecule has 0 saturated carbocycles. The summed E-state index contributed by atoms with van der Waals surface area (Å²) in [7, 11) is 1.65. The SMILES string of the molecule is CNN1C(=O)N(C(C)C)C(=O)NC1SC. The Hall–Kier alpha value is -0.950. The Morgan fingerprint density at radius 1 is 1.47 bits per heavy atom. The van der Waals surface area contributed by atoms with E-state index in [9.17, 15) is 9.59 Å². The van der Waals surface area contributed by atoms with Gasteiger partial charge in [0, 0.05) is 13.1 Å². The van der Waals surface area contributed by atoms with Crippen LogP contribution in [0.3, 0.4) is 0 Å². The van der Waals surface area contributed by atoms with Gasteiger partial charge in [-0.3, -0.25) is 0 Å². The third-order valence-electron chi connectivity index (χ3n) is 2.09. The number of nitrogens with zero attached hydrogens (tertiary/aromatic N) is 2. The number of rotatable bonds is 3. The van der Waals surface area contributed by atoms with Crippen LogP contribution in [-0.4, -0.2) is 46.8 Å². The molecule has 1 atom stereocenters. The zero-order valence-corrected chi connectivity index (χ0v) is 10.1. The summed E-state index contributed by atoms with van der Waals surface area (Å²) in [4.78, 5) is 24.7. The van der Waals surface area contributed by atoms with E-state index in [1.165, 1.54) is 21.7 Å². The van der Waals surface area contributed by atoms with Crippen LogP contribution in [0.15, 0.2) is 0 Å². The van der Waals surface area contributed by atoms with Crippen molar-refractivity contribution < 1.29 is 9.59 Å². The van der Waals surface area contributed by atoms with Crippen LogP contribution in [0.1, 0.15) is 13.8 Å². The molecule has 0 aromatic rings. The van der Waals surface area contributed by atoms with Crippen molar-refractivity contribution in [1.29, 1.82) is 0 Å². The molecule has 1 unspecified atom stereocenters. The topological polar surface area (TPSA) is 64.7 Å². The number of carbonyl (C=O) groups excluding carboxylic acids is 2. The molecule has 0 aromatic carbocycles. The highest BCUT2D eigenvalue weighted by atomic mass is 32.2. The molecule has 6 nitrogen and oxygen atoms in total. The second kappa shape index (κ2) is 4.71. The van der Waals surface area contributed by atoms with Crippen LogP contribution in [0.2, 0.25) is 0 Å². The summed E-state index contributed by atoms with van der Waals surface area (Å²) in [5, 5.41) is 4.12. The second-order valence-electron chi connectivity index (χ2n) is 3.38. The standard InChI is InChI=1S/C8H16N4O2S/c1-5(2)11-6(13)10-7(15-4)12(9-3)8(11)14/h5,7,9H,1-4H3,(H,10,13). The zero-order valence-electron chi connectivity index (χ0n) is 9.27. The largest absolute Gasteiger partial charge is 0.345 e. The van der Waals surface area contributed by atoms with Gasteiger partial charge in [-0.15, -0.1) is 11.8 Å². The highest BCUT2D eigenvalue weighted by Gasteiger charge is 2.38. The highest BCUT2D eigenvalue weighted by molar-refractivity contribution is 7.99. The first-order chi connectivity index (χ1) is 7.02. The summed E-state index contributed by atoms with van der Waals surface area (Å²) in [5.41, 5.74) is 2.41. The van der Waals surface area contributed by atoms with Gasteiger partial charge in [-0.05, 0) is 20.1 Å². The maximum Gasteiger partial charge on any atom is 0.345 e. The third-order valence-corrected chi connectivity index (χ3v) is 2.87. The average molecular weight is 232 g/mol. The van der Waals surface area contributed by atoms with Crippen LogP contribution >= 0.6 is 11.8 Å². The lowest BCUT2D eigenvalue weighted by Crippen LogP contribution is -2.67. The molecule has 1 aliphatic rings. The van der Waals surface area contributed by atoms with Crippen molar-refractivity contribution in [3.63, 3.8) is 0 Å². The van der Waals surface area contributed by atoms with Crippen molar-refractivity contribution in [3.05, 3.63) is 0 Å². The lowest BCUT2D eigenvalue weighted by atomic mass is 10.3. The van der Waals surface area contributed by atoms with Crippen molar-refractivity contribution in [1.82, 2.24) is 20.7 Å². The quantitative estimate of drug-likeness (QED) is 0.749. The van der Waals surface area contributed by atoms with Crippen molar-refractivity contribution in [2.24, 2.45) is 0 Å². The van der Waals surface area contributed by atoms with E-state index in [-0.39, 0.29) is 23.6 Å². The first kappa shape index (κ1) is 12.1. The molecule has 1 saturated heterocycles. The molecule has 4 amide bonds. The molecule has 0 aromatic heterocycles. The van der Waals surface area contributed by atoms with E-state index in [2.05, 4.69) is 10.7 Å². The van der Waals surface area contributed by atoms with Gasteiger partial charge in [0.25, 0.3) is 0 Å². The maximum atomic E-state index is 11.9. The molecule has 1 aliphatic heterocycles. The summed E-state index contributed by atoms with van der Waals surface area (Å²) in [6, 6.07) is -0.826. The smallest absolute Gasteiger partial charge is 0.307 e. The Morgan fingerprint density at radius 3 is 2.47 bits per heavy atom. The van der Waals surface area contributed by atoms with Gasteiger partial charge in [-0.2, -0.15) is 0 Å². The van der Waals surface area contributed by atoms with E-state index in [1.54, 1.807) is 20.9 Å². The summed E-state index contributed by atoms with van der Waals surface area (Å²) >= 11 is 1.38. The molecular weight excluding hydrogens is 216 g/mol. The maximum absolute atomic E-state index is 11.9. The van der Waals surface area contributed by atoms with Gasteiger partial charge >= 0.3 is 12.1 Å². The van der Waals surface area contributed by atoms with Gasteiger partial charge in [0.05, 0.1) is 0 Å². The molecule has 1 fully saturated rings. The predicted molar refractivity (Wildman–Crippen MR) is 59.1 cm³/mol. The number of hydrazine groups is 1. The average Bonchev–Trinajstić information content (AvgIpc) is 2.16. The van der Waals surface area contributed by atoms with Crippen molar-refractivity contribution in [2.45, 2.75) is 25.4 Å². The van der Waals surface area contributed by atoms with Gasteiger partial charge in [0.2, 0.25) is 0 Å². The van der Waals surface area contributed by atoms with E-state index in [0.29, 0.717) is 0 Å². The van der Waals surface area contributed by atoms with Crippen LogP contribution in [-0.2, 0) is 0 Å². The molecule has 7 heteroatoms. The lowest BCUT2D eigenvalue weighted by Gasteiger charge is -2.40. The number of nitrogens with one attached hydrogen (secondary N) is 2. The molecule has 1 rings (SSSR count). The summed E-state index contributed by atoms with van der Waals surface area (Å²) in [6.45, 7) is 3.59.